The molecule has 0 bridgehead atoms. The van der Waals surface area contributed by atoms with Crippen LogP contribution >= 0.6 is 0 Å². The lowest BCUT2D eigenvalue weighted by molar-refractivity contribution is 0.815. The summed E-state index contributed by atoms with van der Waals surface area (Å²) in [6.07, 6.45) is 0. The molecule has 6 nitrogen and oxygen atoms in total. The summed E-state index contributed by atoms with van der Waals surface area (Å²) in [6.45, 7) is 6.29. The summed E-state index contributed by atoms with van der Waals surface area (Å²) in [5.41, 5.74) is 9.52. The van der Waals surface area contributed by atoms with Crippen molar-refractivity contribution in [2.45, 2.75) is 26.8 Å². The molecular formula is C33H28N6. The molecule has 190 valence electrons. The molecule has 4 aromatic carbocycles. The molecule has 0 saturated carbocycles. The van der Waals surface area contributed by atoms with E-state index in [1.165, 1.54) is 16.7 Å². The Hall–Kier alpha value is -4.97. The molecule has 0 aliphatic carbocycles. The largest absolute Gasteiger partial charge is 0.337 e. The highest BCUT2D eigenvalue weighted by Crippen LogP contribution is 2.48. The van der Waals surface area contributed by atoms with Gasteiger partial charge in [0.15, 0.2) is 17.5 Å². The molecule has 0 saturated heterocycles. The maximum Gasteiger partial charge on any atom is 0.179 e. The molecule has 2 aliphatic rings. The molecule has 0 spiro atoms. The van der Waals surface area contributed by atoms with Crippen molar-refractivity contribution in [3.8, 4) is 5.69 Å². The number of fused-ring (bicyclic) bond motifs is 4. The van der Waals surface area contributed by atoms with E-state index in [0.29, 0.717) is 5.84 Å². The first kappa shape index (κ1) is 23.2. The Labute approximate surface area is 228 Å². The number of aryl methyl sites for hydroxylation is 3. The topological polar surface area (TPSA) is 57.8 Å². The molecule has 1 N–H and O–H groups in total. The highest BCUT2D eigenvalue weighted by molar-refractivity contribution is 6.51. The molecule has 7 rings (SSSR count). The third kappa shape index (κ3) is 3.92. The number of hydrogen-bond acceptors (Lipinski definition) is 5. The number of aromatic nitrogens is 2. The van der Waals surface area contributed by atoms with E-state index in [4.69, 9.17) is 15.1 Å². The highest BCUT2D eigenvalue weighted by Gasteiger charge is 2.41. The highest BCUT2D eigenvalue weighted by atomic mass is 15.4. The van der Waals surface area contributed by atoms with Crippen molar-refractivity contribution in [3.05, 3.63) is 131 Å². The lowest BCUT2D eigenvalue weighted by Crippen LogP contribution is -2.46. The molecule has 1 atom stereocenters. The monoisotopic (exact) mass is 508 g/mol. The van der Waals surface area contributed by atoms with E-state index < -0.39 is 0 Å². The molecule has 1 aromatic heterocycles. The van der Waals surface area contributed by atoms with Gasteiger partial charge in [-0.3, -0.25) is 0 Å². The number of anilines is 2. The van der Waals surface area contributed by atoms with Gasteiger partial charge in [-0.2, -0.15) is 5.10 Å². The third-order valence-corrected chi connectivity index (χ3v) is 7.35. The van der Waals surface area contributed by atoms with Crippen LogP contribution in [0.2, 0.25) is 0 Å². The lowest BCUT2D eigenvalue weighted by atomic mass is 9.93. The predicted octanol–water partition coefficient (Wildman–Crippen LogP) is 7.59. The summed E-state index contributed by atoms with van der Waals surface area (Å²) < 4.78 is 1.97. The minimum Gasteiger partial charge on any atom is -0.337 e. The predicted molar refractivity (Wildman–Crippen MR) is 159 cm³/mol. The maximum absolute atomic E-state index is 5.31. The average Bonchev–Trinajstić information content (AvgIpc) is 3.29. The van der Waals surface area contributed by atoms with Gasteiger partial charge in [0.05, 0.1) is 28.8 Å². The SMILES string of the molecule is Cc1ccc(C2c3c(C)nn(-c4ccc(C)cc4)c3N=C3C(Nc4ccccc4)=Nc4ccccc4N32)cc1. The number of aliphatic imine (C=N–C) groups is 2. The van der Waals surface area contributed by atoms with Crippen LogP contribution in [0, 0.1) is 20.8 Å². The molecule has 39 heavy (non-hydrogen) atoms. The van der Waals surface area contributed by atoms with Gasteiger partial charge in [-0.1, -0.05) is 77.9 Å². The van der Waals surface area contributed by atoms with Gasteiger partial charge in [-0.25, -0.2) is 14.7 Å². The van der Waals surface area contributed by atoms with Crippen LogP contribution in [-0.2, 0) is 0 Å². The number of hydrogen-bond donors (Lipinski definition) is 1. The summed E-state index contributed by atoms with van der Waals surface area (Å²) in [4.78, 5) is 12.7. The molecule has 0 radical (unpaired) electrons. The van der Waals surface area contributed by atoms with E-state index in [0.717, 1.165) is 45.7 Å². The van der Waals surface area contributed by atoms with Gasteiger partial charge >= 0.3 is 0 Å². The van der Waals surface area contributed by atoms with Crippen molar-refractivity contribution in [1.82, 2.24) is 9.78 Å². The fourth-order valence-corrected chi connectivity index (χ4v) is 5.39. The zero-order chi connectivity index (χ0) is 26.5. The Morgan fingerprint density at radius 3 is 2.10 bits per heavy atom. The van der Waals surface area contributed by atoms with E-state index in [9.17, 15) is 0 Å². The van der Waals surface area contributed by atoms with Crippen molar-refractivity contribution >= 4 is 34.6 Å². The Morgan fingerprint density at radius 2 is 1.36 bits per heavy atom. The fraction of sp³-hybridized carbons (Fsp3) is 0.121. The Morgan fingerprint density at radius 1 is 0.692 bits per heavy atom. The van der Waals surface area contributed by atoms with Crippen LogP contribution in [0.15, 0.2) is 113 Å². The maximum atomic E-state index is 5.31. The van der Waals surface area contributed by atoms with Gasteiger partial charge in [-0.05, 0) is 62.7 Å². The Balaban J connectivity index is 1.50. The molecular weight excluding hydrogens is 480 g/mol. The molecule has 0 fully saturated rings. The zero-order valence-electron chi connectivity index (χ0n) is 22.1. The van der Waals surface area contributed by atoms with Crippen LogP contribution in [0.3, 0.4) is 0 Å². The average molecular weight is 509 g/mol. The van der Waals surface area contributed by atoms with Gasteiger partial charge in [0.1, 0.15) is 0 Å². The quantitative estimate of drug-likeness (QED) is 0.273. The number of nitrogens with one attached hydrogen (secondary N) is 1. The first-order chi connectivity index (χ1) is 19.1. The minimum atomic E-state index is -0.128. The van der Waals surface area contributed by atoms with Gasteiger partial charge in [0.25, 0.3) is 0 Å². The summed E-state index contributed by atoms with van der Waals surface area (Å²) in [7, 11) is 0. The van der Waals surface area contributed by atoms with Crippen molar-refractivity contribution in [2.75, 3.05) is 10.2 Å². The summed E-state index contributed by atoms with van der Waals surface area (Å²) in [6, 6.07) is 35.5. The van der Waals surface area contributed by atoms with Crippen molar-refractivity contribution < 1.29 is 0 Å². The smallest absolute Gasteiger partial charge is 0.179 e. The molecule has 1 unspecified atom stereocenters. The van der Waals surface area contributed by atoms with E-state index in [1.807, 2.05) is 41.1 Å². The normalized spacial score (nSPS) is 15.6. The number of rotatable bonds is 3. The van der Waals surface area contributed by atoms with Crippen molar-refractivity contribution in [2.24, 2.45) is 9.98 Å². The van der Waals surface area contributed by atoms with Crippen molar-refractivity contribution in [3.63, 3.8) is 0 Å². The minimum absolute atomic E-state index is 0.128. The Bertz CT molecular complexity index is 1740. The molecule has 2 aliphatic heterocycles. The number of amidine groups is 2. The second-order valence-electron chi connectivity index (χ2n) is 10.1. The van der Waals surface area contributed by atoms with Crippen LogP contribution in [0.5, 0.6) is 0 Å². The molecule has 3 heterocycles. The van der Waals surface area contributed by atoms with E-state index >= 15 is 0 Å². The molecule has 6 heteroatoms. The van der Waals surface area contributed by atoms with Crippen LogP contribution in [0.25, 0.3) is 5.69 Å². The van der Waals surface area contributed by atoms with Crippen LogP contribution in [-0.4, -0.2) is 21.5 Å². The second-order valence-corrected chi connectivity index (χ2v) is 10.1. The summed E-state index contributed by atoms with van der Waals surface area (Å²) in [5.74, 6) is 2.30. The number of nitrogens with zero attached hydrogens (tertiary/aromatic N) is 5. The van der Waals surface area contributed by atoms with Crippen LogP contribution < -0.4 is 10.2 Å². The second kappa shape index (κ2) is 9.10. The van der Waals surface area contributed by atoms with Crippen LogP contribution in [0.4, 0.5) is 22.9 Å². The van der Waals surface area contributed by atoms with Crippen LogP contribution in [0.1, 0.15) is 34.0 Å². The standard InChI is InChI=1S/C33H28N6/c1-21-13-17-24(18-14-21)30-29-23(3)37-39(26-19-15-22(2)16-20-26)32(29)36-33-31(34-25-9-5-4-6-10-25)35-27-11-7-8-12-28(27)38(30)33/h4-20,30H,1-3H3,(H,34,35). The van der Waals surface area contributed by atoms with Gasteiger partial charge in [0, 0.05) is 11.3 Å². The lowest BCUT2D eigenvalue weighted by Gasteiger charge is -2.40. The summed E-state index contributed by atoms with van der Waals surface area (Å²) in [5, 5.41) is 8.59. The van der Waals surface area contributed by atoms with Crippen molar-refractivity contribution in [1.29, 1.82) is 0 Å². The Kier molecular flexibility index (Phi) is 5.40. The van der Waals surface area contributed by atoms with E-state index in [1.54, 1.807) is 0 Å². The number of benzene rings is 4. The fourth-order valence-electron chi connectivity index (χ4n) is 5.39. The zero-order valence-corrected chi connectivity index (χ0v) is 22.1. The third-order valence-electron chi connectivity index (χ3n) is 7.35. The molecule has 5 aromatic rings. The van der Waals surface area contributed by atoms with E-state index in [2.05, 4.69) is 97.7 Å². The van der Waals surface area contributed by atoms with Gasteiger partial charge < -0.3 is 10.2 Å². The van der Waals surface area contributed by atoms with Gasteiger partial charge in [0.2, 0.25) is 0 Å². The first-order valence-corrected chi connectivity index (χ1v) is 13.2. The van der Waals surface area contributed by atoms with E-state index in [-0.39, 0.29) is 6.04 Å². The van der Waals surface area contributed by atoms with Gasteiger partial charge in [-0.15, -0.1) is 0 Å². The number of para-hydroxylation sites is 3. The first-order valence-electron chi connectivity index (χ1n) is 13.2. The molecule has 0 amide bonds. The summed E-state index contributed by atoms with van der Waals surface area (Å²) >= 11 is 0.